The van der Waals surface area contributed by atoms with Gasteiger partial charge in [-0.1, -0.05) is 13.8 Å². The minimum absolute atomic E-state index is 0.0626. The van der Waals surface area contributed by atoms with Gasteiger partial charge in [0.2, 0.25) is 5.91 Å². The maximum Gasteiger partial charge on any atom is 0.225 e. The third kappa shape index (κ3) is 3.72. The molecule has 0 aromatic rings. The van der Waals surface area contributed by atoms with E-state index in [-0.39, 0.29) is 17.9 Å². The van der Waals surface area contributed by atoms with Gasteiger partial charge in [0.25, 0.3) is 0 Å². The fourth-order valence-electron chi connectivity index (χ4n) is 1.09. The van der Waals surface area contributed by atoms with Crippen molar-refractivity contribution in [3.05, 3.63) is 0 Å². The van der Waals surface area contributed by atoms with Crippen molar-refractivity contribution in [2.45, 2.75) is 33.7 Å². The van der Waals surface area contributed by atoms with Crippen molar-refractivity contribution in [3.8, 4) is 0 Å². The van der Waals surface area contributed by atoms with Gasteiger partial charge in [-0.2, -0.15) is 0 Å². The number of carbonyl (C=O) groups is 1. The molecule has 1 atom stereocenters. The maximum atomic E-state index is 11.5. The highest BCUT2D eigenvalue weighted by atomic mass is 16.2. The van der Waals surface area contributed by atoms with E-state index in [1.807, 2.05) is 27.7 Å². The van der Waals surface area contributed by atoms with Crippen LogP contribution in [0.25, 0.3) is 0 Å². The standard InChI is InChI=1S/C9H20N2O/c1-5-11(6-8(4)10)9(12)7(2)3/h7-8H,5-6,10H2,1-4H3/t8-/m1/s1. The third-order valence-corrected chi connectivity index (χ3v) is 1.70. The van der Waals surface area contributed by atoms with Crippen molar-refractivity contribution in [1.82, 2.24) is 4.90 Å². The van der Waals surface area contributed by atoms with Crippen molar-refractivity contribution in [2.75, 3.05) is 13.1 Å². The number of nitrogens with zero attached hydrogens (tertiary/aromatic N) is 1. The molecule has 0 radical (unpaired) electrons. The Hall–Kier alpha value is -0.570. The van der Waals surface area contributed by atoms with E-state index in [0.717, 1.165) is 6.54 Å². The maximum absolute atomic E-state index is 11.5. The summed E-state index contributed by atoms with van der Waals surface area (Å²) in [5.74, 6) is 0.263. The molecule has 3 nitrogen and oxygen atoms in total. The summed E-state index contributed by atoms with van der Waals surface area (Å²) in [6.45, 7) is 9.11. The normalized spacial score (nSPS) is 13.2. The Morgan fingerprint density at radius 1 is 1.42 bits per heavy atom. The number of hydrogen-bond donors (Lipinski definition) is 1. The minimum Gasteiger partial charge on any atom is -0.341 e. The van der Waals surface area contributed by atoms with Crippen LogP contribution in [0.5, 0.6) is 0 Å². The van der Waals surface area contributed by atoms with Gasteiger partial charge in [0, 0.05) is 25.0 Å². The average Bonchev–Trinajstić information content (AvgIpc) is 1.98. The number of hydrogen-bond acceptors (Lipinski definition) is 2. The van der Waals surface area contributed by atoms with Crippen LogP contribution in [0.15, 0.2) is 0 Å². The van der Waals surface area contributed by atoms with Gasteiger partial charge in [-0.3, -0.25) is 4.79 Å². The highest BCUT2D eigenvalue weighted by Gasteiger charge is 2.15. The van der Waals surface area contributed by atoms with Crippen LogP contribution in [0.3, 0.4) is 0 Å². The van der Waals surface area contributed by atoms with Crippen molar-refractivity contribution >= 4 is 5.91 Å². The smallest absolute Gasteiger partial charge is 0.225 e. The summed E-state index contributed by atoms with van der Waals surface area (Å²) in [6.07, 6.45) is 0. The second kappa shape index (κ2) is 5.14. The molecule has 0 aromatic carbocycles. The second-order valence-electron chi connectivity index (χ2n) is 3.51. The molecule has 0 aliphatic rings. The van der Waals surface area contributed by atoms with Gasteiger partial charge in [-0.05, 0) is 13.8 Å². The van der Waals surface area contributed by atoms with Gasteiger partial charge in [0.05, 0.1) is 0 Å². The first kappa shape index (κ1) is 11.4. The summed E-state index contributed by atoms with van der Waals surface area (Å²) in [5.41, 5.74) is 5.61. The minimum atomic E-state index is 0.0626. The number of likely N-dealkylation sites (N-methyl/N-ethyl adjacent to an activating group) is 1. The molecule has 0 aliphatic carbocycles. The van der Waals surface area contributed by atoms with E-state index >= 15 is 0 Å². The molecule has 0 saturated heterocycles. The molecule has 0 fully saturated rings. The molecule has 12 heavy (non-hydrogen) atoms. The van der Waals surface area contributed by atoms with Gasteiger partial charge < -0.3 is 10.6 Å². The Morgan fingerprint density at radius 3 is 2.17 bits per heavy atom. The molecule has 0 saturated carbocycles. The van der Waals surface area contributed by atoms with Crippen LogP contribution in [0, 0.1) is 5.92 Å². The molecule has 72 valence electrons. The largest absolute Gasteiger partial charge is 0.341 e. The molecule has 0 rings (SSSR count). The van der Waals surface area contributed by atoms with Crippen molar-refractivity contribution in [2.24, 2.45) is 11.7 Å². The number of rotatable bonds is 4. The van der Waals surface area contributed by atoms with Gasteiger partial charge in [0.15, 0.2) is 0 Å². The number of nitrogens with two attached hydrogens (primary N) is 1. The molecule has 3 heteroatoms. The molecule has 2 N–H and O–H groups in total. The fraction of sp³-hybridized carbons (Fsp3) is 0.889. The van der Waals surface area contributed by atoms with Crippen molar-refractivity contribution in [3.63, 3.8) is 0 Å². The van der Waals surface area contributed by atoms with Gasteiger partial charge in [-0.15, -0.1) is 0 Å². The van der Waals surface area contributed by atoms with Crippen LogP contribution < -0.4 is 5.73 Å². The monoisotopic (exact) mass is 172 g/mol. The first-order valence-electron chi connectivity index (χ1n) is 4.53. The lowest BCUT2D eigenvalue weighted by molar-refractivity contribution is -0.134. The van der Waals surface area contributed by atoms with E-state index in [4.69, 9.17) is 5.73 Å². The van der Waals surface area contributed by atoms with Gasteiger partial charge in [0.1, 0.15) is 0 Å². The summed E-state index contributed by atoms with van der Waals surface area (Å²) >= 11 is 0. The summed E-state index contributed by atoms with van der Waals surface area (Å²) in [6, 6.07) is 0.0626. The molecule has 0 unspecified atom stereocenters. The van der Waals surface area contributed by atoms with Gasteiger partial charge in [-0.25, -0.2) is 0 Å². The first-order valence-corrected chi connectivity index (χ1v) is 4.53. The van der Waals surface area contributed by atoms with Gasteiger partial charge >= 0.3 is 0 Å². The molecule has 1 amide bonds. The molecule has 0 spiro atoms. The molecule has 0 aromatic heterocycles. The van der Waals surface area contributed by atoms with Crippen LogP contribution in [0.1, 0.15) is 27.7 Å². The SMILES string of the molecule is CCN(C[C@@H](C)N)C(=O)C(C)C. The van der Waals surface area contributed by atoms with Crippen LogP contribution in [-0.2, 0) is 4.79 Å². The zero-order valence-corrected chi connectivity index (χ0v) is 8.50. The predicted octanol–water partition coefficient (Wildman–Crippen LogP) is 0.838. The fourth-order valence-corrected chi connectivity index (χ4v) is 1.09. The van der Waals surface area contributed by atoms with E-state index < -0.39 is 0 Å². The molecule has 0 heterocycles. The summed E-state index contributed by atoms with van der Waals surface area (Å²) in [7, 11) is 0. The molecular formula is C9H20N2O. The number of carbonyl (C=O) groups excluding carboxylic acids is 1. The molecule has 0 aliphatic heterocycles. The Balaban J connectivity index is 4.06. The van der Waals surface area contributed by atoms with E-state index in [1.165, 1.54) is 0 Å². The second-order valence-corrected chi connectivity index (χ2v) is 3.51. The van der Waals surface area contributed by atoms with Crippen molar-refractivity contribution < 1.29 is 4.79 Å². The topological polar surface area (TPSA) is 46.3 Å². The Morgan fingerprint density at radius 2 is 1.92 bits per heavy atom. The van der Waals surface area contributed by atoms with Crippen LogP contribution in [-0.4, -0.2) is 29.9 Å². The van der Waals surface area contributed by atoms with E-state index in [9.17, 15) is 4.79 Å². The Bertz CT molecular complexity index is 143. The van der Waals surface area contributed by atoms with E-state index in [1.54, 1.807) is 4.90 Å². The summed E-state index contributed by atoms with van der Waals surface area (Å²) < 4.78 is 0. The number of amides is 1. The average molecular weight is 172 g/mol. The third-order valence-electron chi connectivity index (χ3n) is 1.70. The van der Waals surface area contributed by atoms with Crippen LogP contribution in [0.4, 0.5) is 0 Å². The Kier molecular flexibility index (Phi) is 4.90. The summed E-state index contributed by atoms with van der Waals surface area (Å²) in [4.78, 5) is 13.3. The lowest BCUT2D eigenvalue weighted by Gasteiger charge is -2.24. The van der Waals surface area contributed by atoms with E-state index in [2.05, 4.69) is 0 Å². The molecular weight excluding hydrogens is 152 g/mol. The Labute approximate surface area is 74.9 Å². The predicted molar refractivity (Wildman–Crippen MR) is 50.7 cm³/mol. The summed E-state index contributed by atoms with van der Waals surface area (Å²) in [5, 5.41) is 0. The van der Waals surface area contributed by atoms with Crippen LogP contribution >= 0.6 is 0 Å². The first-order chi connectivity index (χ1) is 5.49. The zero-order valence-electron chi connectivity index (χ0n) is 8.50. The lowest BCUT2D eigenvalue weighted by Crippen LogP contribution is -2.41. The lowest BCUT2D eigenvalue weighted by atomic mass is 10.2. The molecule has 0 bridgehead atoms. The zero-order chi connectivity index (χ0) is 9.72. The quantitative estimate of drug-likeness (QED) is 0.683. The highest BCUT2D eigenvalue weighted by molar-refractivity contribution is 5.78. The van der Waals surface area contributed by atoms with E-state index in [0.29, 0.717) is 6.54 Å². The van der Waals surface area contributed by atoms with Crippen LogP contribution in [0.2, 0.25) is 0 Å². The van der Waals surface area contributed by atoms with Crippen molar-refractivity contribution in [1.29, 1.82) is 0 Å². The highest BCUT2D eigenvalue weighted by Crippen LogP contribution is 2.01.